The first-order valence-electron chi connectivity index (χ1n) is 2.91. The van der Waals surface area contributed by atoms with Gasteiger partial charge in [0.25, 0.3) is 0 Å². The van der Waals surface area contributed by atoms with Crippen LogP contribution < -0.4 is 0 Å². The molecule has 0 radical (unpaired) electrons. The molecule has 42 valence electrons. The predicted octanol–water partition coefficient (Wildman–Crippen LogP) is 2.75. The third kappa shape index (κ3) is 5.74. The van der Waals surface area contributed by atoms with E-state index < -0.39 is 0 Å². The molecule has 0 aromatic heterocycles. The van der Waals surface area contributed by atoms with Gasteiger partial charge in [-0.15, -0.1) is 6.58 Å². The second-order valence-corrected chi connectivity index (χ2v) is 2.06. The van der Waals surface area contributed by atoms with Crippen molar-refractivity contribution in [2.45, 2.75) is 33.1 Å². The standard InChI is InChI=1S/C7H14/c1-4-5-6-7(2)3/h2,4-6H2,1,3H3. The molecule has 0 nitrogen and oxygen atoms in total. The average Bonchev–Trinajstić information content (AvgIpc) is 1.61. The summed E-state index contributed by atoms with van der Waals surface area (Å²) >= 11 is 0. The van der Waals surface area contributed by atoms with E-state index in [-0.39, 0.29) is 0 Å². The Kier molecular flexibility index (Phi) is 3.77. The maximum Gasteiger partial charge on any atom is -0.0326 e. The highest BCUT2D eigenvalue weighted by Crippen LogP contribution is 2.01. The molecule has 0 atom stereocenters. The summed E-state index contributed by atoms with van der Waals surface area (Å²) in [7, 11) is 0. The van der Waals surface area contributed by atoms with Crippen molar-refractivity contribution in [2.75, 3.05) is 0 Å². The van der Waals surface area contributed by atoms with Gasteiger partial charge in [-0.05, 0) is 19.8 Å². The van der Waals surface area contributed by atoms with Crippen molar-refractivity contribution in [2.24, 2.45) is 0 Å². The maximum atomic E-state index is 3.79. The molecule has 0 aromatic carbocycles. The predicted molar refractivity (Wildman–Crippen MR) is 34.3 cm³/mol. The van der Waals surface area contributed by atoms with Crippen molar-refractivity contribution in [1.29, 1.82) is 0 Å². The van der Waals surface area contributed by atoms with E-state index in [1.807, 2.05) is 0 Å². The first-order valence-corrected chi connectivity index (χ1v) is 2.91. The maximum absolute atomic E-state index is 3.79. The van der Waals surface area contributed by atoms with Crippen LogP contribution in [0.25, 0.3) is 0 Å². The highest BCUT2D eigenvalue weighted by molar-refractivity contribution is 4.86. The Bertz CT molecular complexity index is 53.1. The monoisotopic (exact) mass is 98.1 g/mol. The highest BCUT2D eigenvalue weighted by Gasteiger charge is 1.81. The molecule has 0 aromatic rings. The topological polar surface area (TPSA) is 0 Å². The first kappa shape index (κ1) is 6.74. The molecule has 0 unspecified atom stereocenters. The second-order valence-electron chi connectivity index (χ2n) is 2.06. The van der Waals surface area contributed by atoms with Gasteiger partial charge >= 0.3 is 0 Å². The van der Waals surface area contributed by atoms with Crippen LogP contribution >= 0.6 is 0 Å². The summed E-state index contributed by atoms with van der Waals surface area (Å²) in [5, 5.41) is 0. The largest absolute Gasteiger partial charge is 0.100 e. The summed E-state index contributed by atoms with van der Waals surface area (Å²) < 4.78 is 0. The van der Waals surface area contributed by atoms with E-state index in [1.54, 1.807) is 0 Å². The van der Waals surface area contributed by atoms with Crippen LogP contribution in [0.15, 0.2) is 12.2 Å². The van der Waals surface area contributed by atoms with Gasteiger partial charge in [-0.25, -0.2) is 0 Å². The van der Waals surface area contributed by atoms with Crippen LogP contribution in [-0.2, 0) is 0 Å². The summed E-state index contributed by atoms with van der Waals surface area (Å²) in [5.74, 6) is 0. The van der Waals surface area contributed by atoms with Crippen LogP contribution in [0.1, 0.15) is 33.1 Å². The molecule has 0 spiro atoms. The van der Waals surface area contributed by atoms with Gasteiger partial charge in [0, 0.05) is 0 Å². The number of hydrogen-bond acceptors (Lipinski definition) is 0. The summed E-state index contributed by atoms with van der Waals surface area (Å²) in [5.41, 5.74) is 1.31. The summed E-state index contributed by atoms with van der Waals surface area (Å²) in [6.45, 7) is 8.07. The molecule has 0 amide bonds. The van der Waals surface area contributed by atoms with E-state index in [0.29, 0.717) is 0 Å². The Balaban J connectivity index is 2.82. The van der Waals surface area contributed by atoms with Gasteiger partial charge in [0.1, 0.15) is 0 Å². The molecule has 0 saturated carbocycles. The molecule has 0 saturated heterocycles. The fourth-order valence-corrected chi connectivity index (χ4v) is 0.479. The van der Waals surface area contributed by atoms with Crippen LogP contribution in [-0.4, -0.2) is 0 Å². The molecule has 0 N–H and O–H groups in total. The van der Waals surface area contributed by atoms with Gasteiger partial charge in [-0.1, -0.05) is 18.9 Å². The minimum Gasteiger partial charge on any atom is -0.100 e. The SMILES string of the molecule is C=C(C)CCCC. The third-order valence-corrected chi connectivity index (χ3v) is 0.957. The van der Waals surface area contributed by atoms with E-state index in [4.69, 9.17) is 0 Å². The van der Waals surface area contributed by atoms with Crippen molar-refractivity contribution in [3.63, 3.8) is 0 Å². The highest BCUT2D eigenvalue weighted by atomic mass is 13.9. The zero-order chi connectivity index (χ0) is 5.70. The minimum atomic E-state index is 1.20. The average molecular weight is 98.2 g/mol. The molecule has 0 fully saturated rings. The lowest BCUT2D eigenvalue weighted by molar-refractivity contribution is 0.789. The molecule has 0 aliphatic rings. The molecular formula is C7H14. The second kappa shape index (κ2) is 3.91. The van der Waals surface area contributed by atoms with Crippen LogP contribution in [0.5, 0.6) is 0 Å². The molecule has 0 rings (SSSR count). The zero-order valence-corrected chi connectivity index (χ0v) is 5.33. The Hall–Kier alpha value is -0.260. The fraction of sp³-hybridized carbons (Fsp3) is 0.714. The van der Waals surface area contributed by atoms with E-state index in [1.165, 1.54) is 24.8 Å². The number of allylic oxidation sites excluding steroid dienone is 1. The Morgan fingerprint density at radius 1 is 1.57 bits per heavy atom. The Morgan fingerprint density at radius 3 is 2.29 bits per heavy atom. The lowest BCUT2D eigenvalue weighted by Crippen LogP contribution is -1.71. The molecule has 0 aliphatic heterocycles. The van der Waals surface area contributed by atoms with E-state index >= 15 is 0 Å². The van der Waals surface area contributed by atoms with Crippen molar-refractivity contribution >= 4 is 0 Å². The van der Waals surface area contributed by atoms with Crippen molar-refractivity contribution in [3.05, 3.63) is 12.2 Å². The number of rotatable bonds is 3. The third-order valence-electron chi connectivity index (χ3n) is 0.957. The van der Waals surface area contributed by atoms with Gasteiger partial charge in [-0.2, -0.15) is 0 Å². The Labute approximate surface area is 46.2 Å². The Morgan fingerprint density at radius 2 is 2.14 bits per heavy atom. The smallest absolute Gasteiger partial charge is 0.0326 e. The fourth-order valence-electron chi connectivity index (χ4n) is 0.479. The van der Waals surface area contributed by atoms with Gasteiger partial charge in [0.05, 0.1) is 0 Å². The lowest BCUT2D eigenvalue weighted by atomic mass is 10.2. The molecule has 0 heteroatoms. The van der Waals surface area contributed by atoms with Crippen molar-refractivity contribution in [1.82, 2.24) is 0 Å². The summed E-state index contributed by atoms with van der Waals surface area (Å²) in [6.07, 6.45) is 3.79. The van der Waals surface area contributed by atoms with Crippen LogP contribution in [0.3, 0.4) is 0 Å². The summed E-state index contributed by atoms with van der Waals surface area (Å²) in [6, 6.07) is 0. The summed E-state index contributed by atoms with van der Waals surface area (Å²) in [4.78, 5) is 0. The lowest BCUT2D eigenvalue weighted by Gasteiger charge is -1.91. The van der Waals surface area contributed by atoms with Gasteiger partial charge in [-0.3, -0.25) is 0 Å². The van der Waals surface area contributed by atoms with E-state index in [0.717, 1.165) is 0 Å². The molecule has 0 aliphatic carbocycles. The van der Waals surface area contributed by atoms with Crippen LogP contribution in [0.4, 0.5) is 0 Å². The van der Waals surface area contributed by atoms with Crippen molar-refractivity contribution < 1.29 is 0 Å². The van der Waals surface area contributed by atoms with Crippen molar-refractivity contribution in [3.8, 4) is 0 Å². The number of hydrogen-bond donors (Lipinski definition) is 0. The minimum absolute atomic E-state index is 1.20. The quantitative estimate of drug-likeness (QED) is 0.476. The van der Waals surface area contributed by atoms with Gasteiger partial charge in [0.2, 0.25) is 0 Å². The molecule has 0 bridgehead atoms. The zero-order valence-electron chi connectivity index (χ0n) is 5.33. The van der Waals surface area contributed by atoms with E-state index in [9.17, 15) is 0 Å². The molecule has 0 heterocycles. The van der Waals surface area contributed by atoms with Crippen LogP contribution in [0.2, 0.25) is 0 Å². The van der Waals surface area contributed by atoms with E-state index in [2.05, 4.69) is 20.4 Å². The molecular weight excluding hydrogens is 84.1 g/mol. The first-order chi connectivity index (χ1) is 3.27. The van der Waals surface area contributed by atoms with Crippen LogP contribution in [0, 0.1) is 0 Å². The normalized spacial score (nSPS) is 8.86. The van der Waals surface area contributed by atoms with Gasteiger partial charge in [0.15, 0.2) is 0 Å². The molecule has 7 heavy (non-hydrogen) atoms. The van der Waals surface area contributed by atoms with Gasteiger partial charge < -0.3 is 0 Å². The number of unbranched alkanes of at least 4 members (excludes halogenated alkanes) is 1.